The molecule has 3 aromatic rings. The molecule has 0 atom stereocenters. The van der Waals surface area contributed by atoms with E-state index in [1.807, 2.05) is 37.3 Å². The maximum Gasteiger partial charge on any atom is 0.274 e. The number of carbonyl (C=O) groups excluding carboxylic acids is 2. The molecule has 1 heterocycles. The van der Waals surface area contributed by atoms with Crippen molar-refractivity contribution in [3.63, 3.8) is 0 Å². The molecule has 0 saturated carbocycles. The van der Waals surface area contributed by atoms with E-state index in [0.29, 0.717) is 16.8 Å². The molecule has 6 heteroatoms. The van der Waals surface area contributed by atoms with Crippen LogP contribution in [0.25, 0.3) is 0 Å². The Bertz CT molecular complexity index is 1050. The van der Waals surface area contributed by atoms with Crippen LogP contribution >= 0.6 is 0 Å². The number of aryl methyl sites for hydroxylation is 1. The fourth-order valence-corrected chi connectivity index (χ4v) is 2.66. The lowest BCUT2D eigenvalue weighted by Crippen LogP contribution is -2.17. The second-order valence-electron chi connectivity index (χ2n) is 6.04. The van der Waals surface area contributed by atoms with Crippen molar-refractivity contribution in [2.24, 2.45) is 0 Å². The Morgan fingerprint density at radius 2 is 1.75 bits per heavy atom. The second kappa shape index (κ2) is 8.60. The lowest BCUT2D eigenvalue weighted by Gasteiger charge is -2.10. The molecule has 0 aliphatic rings. The van der Waals surface area contributed by atoms with Gasteiger partial charge in [-0.05, 0) is 54.4 Å². The summed E-state index contributed by atoms with van der Waals surface area (Å²) in [6.45, 7) is 2.01. The standard InChI is InChI=1S/C22H18N4O2/c1-2-16-5-3-4-6-19(16)26-22(28)20-13-17(11-12-24-20)21(27)25-18-9-7-15(14-23)8-10-18/h3-13H,2H2,1H3,(H,25,27)(H,26,28). The highest BCUT2D eigenvalue weighted by atomic mass is 16.2. The number of aromatic nitrogens is 1. The number of para-hydroxylation sites is 1. The number of nitrogens with zero attached hydrogens (tertiary/aromatic N) is 2. The molecule has 0 radical (unpaired) electrons. The van der Waals surface area contributed by atoms with Gasteiger partial charge in [-0.3, -0.25) is 14.6 Å². The molecule has 28 heavy (non-hydrogen) atoms. The van der Waals surface area contributed by atoms with Crippen molar-refractivity contribution in [1.82, 2.24) is 4.98 Å². The van der Waals surface area contributed by atoms with Crippen LogP contribution in [-0.4, -0.2) is 16.8 Å². The molecular formula is C22H18N4O2. The predicted octanol–water partition coefficient (Wildman–Crippen LogP) is 4.02. The minimum atomic E-state index is -0.381. The number of hydrogen-bond donors (Lipinski definition) is 2. The van der Waals surface area contributed by atoms with E-state index < -0.39 is 0 Å². The predicted molar refractivity (Wildman–Crippen MR) is 107 cm³/mol. The first kappa shape index (κ1) is 18.8. The number of nitrogens with one attached hydrogen (secondary N) is 2. The summed E-state index contributed by atoms with van der Waals surface area (Å²) in [5.41, 5.74) is 3.28. The van der Waals surface area contributed by atoms with Crippen molar-refractivity contribution >= 4 is 23.2 Å². The maximum atomic E-state index is 12.5. The first-order valence-electron chi connectivity index (χ1n) is 8.77. The Balaban J connectivity index is 1.74. The van der Waals surface area contributed by atoms with Crippen molar-refractivity contribution in [1.29, 1.82) is 5.26 Å². The largest absolute Gasteiger partial charge is 0.322 e. The fourth-order valence-electron chi connectivity index (χ4n) is 2.66. The molecule has 0 spiro atoms. The van der Waals surface area contributed by atoms with Gasteiger partial charge in [0.05, 0.1) is 11.6 Å². The van der Waals surface area contributed by atoms with Crippen molar-refractivity contribution in [2.45, 2.75) is 13.3 Å². The lowest BCUT2D eigenvalue weighted by molar-refractivity contribution is 0.102. The number of benzene rings is 2. The van der Waals surface area contributed by atoms with Gasteiger partial charge in [0.25, 0.3) is 11.8 Å². The summed E-state index contributed by atoms with van der Waals surface area (Å²) in [7, 11) is 0. The van der Waals surface area contributed by atoms with Gasteiger partial charge in [-0.2, -0.15) is 5.26 Å². The topological polar surface area (TPSA) is 94.9 Å². The zero-order valence-corrected chi connectivity index (χ0v) is 15.3. The average molecular weight is 370 g/mol. The summed E-state index contributed by atoms with van der Waals surface area (Å²) in [6.07, 6.45) is 2.21. The quantitative estimate of drug-likeness (QED) is 0.709. The van der Waals surface area contributed by atoms with Crippen LogP contribution in [0.15, 0.2) is 66.9 Å². The minimum Gasteiger partial charge on any atom is -0.322 e. The number of amides is 2. The zero-order chi connectivity index (χ0) is 19.9. The van der Waals surface area contributed by atoms with Crippen molar-refractivity contribution in [3.05, 3.63) is 89.2 Å². The molecule has 3 rings (SSSR count). The summed E-state index contributed by atoms with van der Waals surface area (Å²) in [6, 6.07) is 19.1. The Kier molecular flexibility index (Phi) is 5.78. The van der Waals surface area contributed by atoms with Crippen LogP contribution in [0.3, 0.4) is 0 Å². The van der Waals surface area contributed by atoms with Crippen molar-refractivity contribution < 1.29 is 9.59 Å². The van der Waals surface area contributed by atoms with Crippen molar-refractivity contribution in [3.8, 4) is 6.07 Å². The van der Waals surface area contributed by atoms with Gasteiger partial charge in [-0.15, -0.1) is 0 Å². The summed E-state index contributed by atoms with van der Waals surface area (Å²) < 4.78 is 0. The highest BCUT2D eigenvalue weighted by molar-refractivity contribution is 6.08. The highest BCUT2D eigenvalue weighted by Gasteiger charge is 2.13. The van der Waals surface area contributed by atoms with E-state index in [4.69, 9.17) is 5.26 Å². The molecule has 138 valence electrons. The van der Waals surface area contributed by atoms with E-state index in [0.717, 1.165) is 17.7 Å². The van der Waals surface area contributed by atoms with Crippen LogP contribution in [0.2, 0.25) is 0 Å². The third-order valence-electron chi connectivity index (χ3n) is 4.17. The van der Waals surface area contributed by atoms with E-state index in [1.54, 1.807) is 24.3 Å². The van der Waals surface area contributed by atoms with Crippen LogP contribution in [0.5, 0.6) is 0 Å². The monoisotopic (exact) mass is 370 g/mol. The highest BCUT2D eigenvalue weighted by Crippen LogP contribution is 2.17. The van der Waals surface area contributed by atoms with Crippen molar-refractivity contribution in [2.75, 3.05) is 10.6 Å². The van der Waals surface area contributed by atoms with Crippen LogP contribution in [0, 0.1) is 11.3 Å². The molecule has 1 aromatic heterocycles. The van der Waals surface area contributed by atoms with E-state index in [2.05, 4.69) is 15.6 Å². The Morgan fingerprint density at radius 1 is 1.00 bits per heavy atom. The molecule has 0 aliphatic carbocycles. The third-order valence-corrected chi connectivity index (χ3v) is 4.17. The number of hydrogen-bond acceptors (Lipinski definition) is 4. The van der Waals surface area contributed by atoms with Crippen LogP contribution in [0.1, 0.15) is 38.9 Å². The summed E-state index contributed by atoms with van der Waals surface area (Å²) >= 11 is 0. The van der Waals surface area contributed by atoms with Crippen LogP contribution < -0.4 is 10.6 Å². The smallest absolute Gasteiger partial charge is 0.274 e. The second-order valence-corrected chi connectivity index (χ2v) is 6.04. The van der Waals surface area contributed by atoms with Gasteiger partial charge in [0.1, 0.15) is 5.69 Å². The fraction of sp³-hybridized carbons (Fsp3) is 0.0909. The van der Waals surface area contributed by atoms with Gasteiger partial charge < -0.3 is 10.6 Å². The molecule has 0 bridgehead atoms. The van der Waals surface area contributed by atoms with Gasteiger partial charge in [0.2, 0.25) is 0 Å². The number of anilines is 2. The van der Waals surface area contributed by atoms with E-state index in [9.17, 15) is 9.59 Å². The Labute approximate surface area is 162 Å². The number of nitriles is 1. The van der Waals surface area contributed by atoms with Crippen LogP contribution in [-0.2, 0) is 6.42 Å². The van der Waals surface area contributed by atoms with E-state index in [-0.39, 0.29) is 17.5 Å². The van der Waals surface area contributed by atoms with E-state index in [1.165, 1.54) is 18.3 Å². The van der Waals surface area contributed by atoms with Gasteiger partial charge in [0.15, 0.2) is 0 Å². The Hall–Kier alpha value is -3.98. The summed E-state index contributed by atoms with van der Waals surface area (Å²) in [5.74, 6) is -0.746. The SMILES string of the molecule is CCc1ccccc1NC(=O)c1cc(C(=O)Nc2ccc(C#N)cc2)ccn1. The first-order valence-corrected chi connectivity index (χ1v) is 8.77. The maximum absolute atomic E-state index is 12.5. The molecule has 0 saturated heterocycles. The summed E-state index contributed by atoms with van der Waals surface area (Å²) in [4.78, 5) is 29.1. The minimum absolute atomic E-state index is 0.151. The normalized spacial score (nSPS) is 10.0. The molecular weight excluding hydrogens is 352 g/mol. The van der Waals surface area contributed by atoms with Gasteiger partial charge in [0, 0.05) is 23.1 Å². The van der Waals surface area contributed by atoms with E-state index >= 15 is 0 Å². The molecule has 2 aromatic carbocycles. The van der Waals surface area contributed by atoms with Gasteiger partial charge >= 0.3 is 0 Å². The number of carbonyl (C=O) groups is 2. The number of rotatable bonds is 5. The average Bonchev–Trinajstić information content (AvgIpc) is 2.74. The molecule has 0 aliphatic heterocycles. The third kappa shape index (κ3) is 4.40. The first-order chi connectivity index (χ1) is 13.6. The van der Waals surface area contributed by atoms with Gasteiger partial charge in [-0.1, -0.05) is 25.1 Å². The number of pyridine rings is 1. The zero-order valence-electron chi connectivity index (χ0n) is 15.3. The molecule has 6 nitrogen and oxygen atoms in total. The molecule has 0 fully saturated rings. The van der Waals surface area contributed by atoms with Crippen LogP contribution in [0.4, 0.5) is 11.4 Å². The van der Waals surface area contributed by atoms with Gasteiger partial charge in [-0.25, -0.2) is 0 Å². The molecule has 0 unspecified atom stereocenters. The summed E-state index contributed by atoms with van der Waals surface area (Å²) in [5, 5.41) is 14.4. The Morgan fingerprint density at radius 3 is 2.46 bits per heavy atom. The lowest BCUT2D eigenvalue weighted by atomic mass is 10.1. The molecule has 2 amide bonds. The molecule has 2 N–H and O–H groups in total.